The Labute approximate surface area is 81.0 Å². The molecular formula is C11H9NO2. The third-order valence-electron chi connectivity index (χ3n) is 2.13. The van der Waals surface area contributed by atoms with Crippen molar-refractivity contribution in [3.8, 4) is 0 Å². The molecule has 0 spiro atoms. The van der Waals surface area contributed by atoms with Gasteiger partial charge < -0.3 is 5.11 Å². The van der Waals surface area contributed by atoms with E-state index in [1.807, 2.05) is 25.1 Å². The van der Waals surface area contributed by atoms with Gasteiger partial charge in [-0.2, -0.15) is 0 Å². The molecule has 3 nitrogen and oxygen atoms in total. The SMILES string of the molecule is Cc1ccc2nccc(C(=O)O)c2c1. The summed E-state index contributed by atoms with van der Waals surface area (Å²) in [6, 6.07) is 7.11. The Kier molecular flexibility index (Phi) is 1.93. The average Bonchev–Trinajstić information content (AvgIpc) is 2.16. The molecule has 3 heteroatoms. The predicted molar refractivity (Wildman–Crippen MR) is 53.4 cm³/mol. The molecule has 14 heavy (non-hydrogen) atoms. The summed E-state index contributed by atoms with van der Waals surface area (Å²) in [7, 11) is 0. The highest BCUT2D eigenvalue weighted by atomic mass is 16.4. The first-order valence-corrected chi connectivity index (χ1v) is 4.27. The zero-order chi connectivity index (χ0) is 10.1. The molecule has 0 aliphatic rings. The van der Waals surface area contributed by atoms with E-state index in [4.69, 9.17) is 5.11 Å². The summed E-state index contributed by atoms with van der Waals surface area (Å²) in [6.07, 6.45) is 1.52. The molecule has 1 aromatic heterocycles. The van der Waals surface area contributed by atoms with Gasteiger partial charge in [0.25, 0.3) is 0 Å². The molecule has 0 saturated heterocycles. The van der Waals surface area contributed by atoms with Crippen LogP contribution in [0.15, 0.2) is 30.5 Å². The van der Waals surface area contributed by atoms with Crippen molar-refractivity contribution in [1.29, 1.82) is 0 Å². The number of carboxylic acids is 1. The molecule has 0 radical (unpaired) electrons. The molecule has 0 saturated carbocycles. The van der Waals surface area contributed by atoms with Crippen molar-refractivity contribution in [3.63, 3.8) is 0 Å². The van der Waals surface area contributed by atoms with E-state index in [1.54, 1.807) is 0 Å². The standard InChI is InChI=1S/C11H9NO2/c1-7-2-3-10-9(6-7)8(11(13)14)4-5-12-10/h2-6H,1H3,(H,13,14). The summed E-state index contributed by atoms with van der Waals surface area (Å²) in [5.74, 6) is -0.914. The number of aromatic nitrogens is 1. The number of rotatable bonds is 1. The highest BCUT2D eigenvalue weighted by Crippen LogP contribution is 2.17. The largest absolute Gasteiger partial charge is 0.478 e. The predicted octanol–water partition coefficient (Wildman–Crippen LogP) is 2.24. The smallest absolute Gasteiger partial charge is 0.336 e. The number of aryl methyl sites for hydroxylation is 1. The van der Waals surface area contributed by atoms with Gasteiger partial charge in [0, 0.05) is 11.6 Å². The Morgan fingerprint density at radius 3 is 2.86 bits per heavy atom. The number of carboxylic acid groups (broad SMARTS) is 1. The van der Waals surface area contributed by atoms with Crippen molar-refractivity contribution in [2.24, 2.45) is 0 Å². The maximum Gasteiger partial charge on any atom is 0.336 e. The maximum absolute atomic E-state index is 10.9. The molecule has 1 aromatic carbocycles. The lowest BCUT2D eigenvalue weighted by molar-refractivity contribution is 0.0699. The second-order valence-corrected chi connectivity index (χ2v) is 3.18. The highest BCUT2D eigenvalue weighted by molar-refractivity contribution is 6.02. The van der Waals surface area contributed by atoms with Crippen molar-refractivity contribution < 1.29 is 9.90 Å². The van der Waals surface area contributed by atoms with Gasteiger partial charge in [-0.3, -0.25) is 4.98 Å². The lowest BCUT2D eigenvalue weighted by Gasteiger charge is -2.01. The molecular weight excluding hydrogens is 178 g/mol. The van der Waals surface area contributed by atoms with E-state index in [0.717, 1.165) is 11.1 Å². The number of nitrogens with zero attached hydrogens (tertiary/aromatic N) is 1. The Morgan fingerprint density at radius 2 is 2.14 bits per heavy atom. The van der Waals surface area contributed by atoms with Crippen LogP contribution in [0.1, 0.15) is 15.9 Å². The van der Waals surface area contributed by atoms with Crippen LogP contribution in [0.4, 0.5) is 0 Å². The van der Waals surface area contributed by atoms with Crippen molar-refractivity contribution >= 4 is 16.9 Å². The zero-order valence-electron chi connectivity index (χ0n) is 7.69. The number of aromatic carboxylic acids is 1. The monoisotopic (exact) mass is 187 g/mol. The summed E-state index contributed by atoms with van der Waals surface area (Å²) in [6.45, 7) is 1.93. The van der Waals surface area contributed by atoms with Gasteiger partial charge in [0.15, 0.2) is 0 Å². The molecule has 0 atom stereocenters. The molecule has 0 aliphatic heterocycles. The normalized spacial score (nSPS) is 10.4. The first kappa shape index (κ1) is 8.69. The summed E-state index contributed by atoms with van der Waals surface area (Å²) < 4.78 is 0. The molecule has 1 heterocycles. The quantitative estimate of drug-likeness (QED) is 0.744. The fourth-order valence-electron chi connectivity index (χ4n) is 1.45. The third-order valence-corrected chi connectivity index (χ3v) is 2.13. The first-order chi connectivity index (χ1) is 6.68. The van der Waals surface area contributed by atoms with Crippen molar-refractivity contribution in [3.05, 3.63) is 41.6 Å². The van der Waals surface area contributed by atoms with Crippen LogP contribution < -0.4 is 0 Å². The van der Waals surface area contributed by atoms with Crippen LogP contribution in [0.25, 0.3) is 10.9 Å². The van der Waals surface area contributed by atoms with Gasteiger partial charge in [-0.15, -0.1) is 0 Å². The van der Waals surface area contributed by atoms with Crippen LogP contribution in [-0.4, -0.2) is 16.1 Å². The van der Waals surface area contributed by atoms with Gasteiger partial charge in [-0.05, 0) is 25.1 Å². The fraction of sp³-hybridized carbons (Fsp3) is 0.0909. The van der Waals surface area contributed by atoms with E-state index >= 15 is 0 Å². The molecule has 0 aliphatic carbocycles. The van der Waals surface area contributed by atoms with Crippen LogP contribution >= 0.6 is 0 Å². The van der Waals surface area contributed by atoms with Crippen LogP contribution in [0.5, 0.6) is 0 Å². The number of benzene rings is 1. The van der Waals surface area contributed by atoms with Crippen LogP contribution in [-0.2, 0) is 0 Å². The van der Waals surface area contributed by atoms with Crippen LogP contribution in [0.2, 0.25) is 0 Å². The van der Waals surface area contributed by atoms with Gasteiger partial charge in [-0.25, -0.2) is 4.79 Å². The summed E-state index contributed by atoms with van der Waals surface area (Å²) in [4.78, 5) is 15.0. The highest BCUT2D eigenvalue weighted by Gasteiger charge is 2.07. The van der Waals surface area contributed by atoms with E-state index in [0.29, 0.717) is 10.9 Å². The van der Waals surface area contributed by atoms with E-state index in [9.17, 15) is 4.79 Å². The first-order valence-electron chi connectivity index (χ1n) is 4.27. The third kappa shape index (κ3) is 1.33. The summed E-state index contributed by atoms with van der Waals surface area (Å²) in [5.41, 5.74) is 2.06. The maximum atomic E-state index is 10.9. The van der Waals surface area contributed by atoms with Gasteiger partial charge in [0.1, 0.15) is 0 Å². The van der Waals surface area contributed by atoms with E-state index < -0.39 is 5.97 Å². The Hall–Kier alpha value is -1.90. The van der Waals surface area contributed by atoms with Gasteiger partial charge in [-0.1, -0.05) is 11.6 Å². The Bertz CT molecular complexity index is 506. The molecule has 2 aromatic rings. The second-order valence-electron chi connectivity index (χ2n) is 3.18. The molecule has 70 valence electrons. The van der Waals surface area contributed by atoms with Crippen LogP contribution in [0.3, 0.4) is 0 Å². The average molecular weight is 187 g/mol. The zero-order valence-corrected chi connectivity index (χ0v) is 7.69. The Morgan fingerprint density at radius 1 is 1.36 bits per heavy atom. The van der Waals surface area contributed by atoms with Gasteiger partial charge in [0.2, 0.25) is 0 Å². The fourth-order valence-corrected chi connectivity index (χ4v) is 1.45. The minimum Gasteiger partial charge on any atom is -0.478 e. The number of fused-ring (bicyclic) bond motifs is 1. The van der Waals surface area contributed by atoms with E-state index in [1.165, 1.54) is 12.3 Å². The molecule has 0 unspecified atom stereocenters. The summed E-state index contributed by atoms with van der Waals surface area (Å²) in [5, 5.41) is 9.64. The van der Waals surface area contributed by atoms with Crippen LogP contribution in [0, 0.1) is 6.92 Å². The number of carbonyl (C=O) groups is 1. The number of hydrogen-bond acceptors (Lipinski definition) is 2. The minimum atomic E-state index is -0.914. The van der Waals surface area contributed by atoms with Crippen molar-refractivity contribution in [2.45, 2.75) is 6.92 Å². The lowest BCUT2D eigenvalue weighted by atomic mass is 10.1. The van der Waals surface area contributed by atoms with E-state index in [2.05, 4.69) is 4.98 Å². The molecule has 0 bridgehead atoms. The number of pyridine rings is 1. The van der Waals surface area contributed by atoms with Gasteiger partial charge >= 0.3 is 5.97 Å². The van der Waals surface area contributed by atoms with Gasteiger partial charge in [0.05, 0.1) is 11.1 Å². The molecule has 2 rings (SSSR count). The second kappa shape index (κ2) is 3.10. The molecule has 1 N–H and O–H groups in total. The number of hydrogen-bond donors (Lipinski definition) is 1. The Balaban J connectivity index is 2.84. The van der Waals surface area contributed by atoms with E-state index in [-0.39, 0.29) is 0 Å². The molecule has 0 amide bonds. The topological polar surface area (TPSA) is 50.2 Å². The lowest BCUT2D eigenvalue weighted by Crippen LogP contribution is -1.98. The minimum absolute atomic E-state index is 0.304. The molecule has 0 fully saturated rings. The summed E-state index contributed by atoms with van der Waals surface area (Å²) >= 11 is 0. The van der Waals surface area contributed by atoms with Crippen molar-refractivity contribution in [1.82, 2.24) is 4.98 Å². The van der Waals surface area contributed by atoms with Crippen molar-refractivity contribution in [2.75, 3.05) is 0 Å².